The van der Waals surface area contributed by atoms with Gasteiger partial charge in [-0.05, 0) is 72.8 Å². The third-order valence-electron chi connectivity index (χ3n) is 3.71. The largest absolute Gasteiger partial charge is 0.741 e. The monoisotopic (exact) mass is 464 g/mol. The van der Waals surface area contributed by atoms with E-state index in [0.29, 0.717) is 0 Å². The highest BCUT2D eigenvalue weighted by Crippen LogP contribution is 2.33. The molecule has 0 atom stereocenters. The van der Waals surface area contributed by atoms with E-state index in [9.17, 15) is 27.1 Å². The van der Waals surface area contributed by atoms with Crippen molar-refractivity contribution in [2.45, 2.75) is 5.51 Å². The van der Waals surface area contributed by atoms with Crippen LogP contribution in [-0.2, 0) is 10.1 Å². The zero-order chi connectivity index (χ0) is 22.5. The van der Waals surface area contributed by atoms with Crippen LogP contribution in [0.1, 0.15) is 0 Å². The van der Waals surface area contributed by atoms with Crippen molar-refractivity contribution in [3.05, 3.63) is 84.4 Å². The van der Waals surface area contributed by atoms with Gasteiger partial charge in [0.2, 0.25) is 0 Å². The number of halogens is 5. The quantitative estimate of drug-likeness (QED) is 0.280. The molecule has 0 aliphatic rings. The smallest absolute Gasteiger partial charge is 0.485 e. The van der Waals surface area contributed by atoms with Gasteiger partial charge >= 0.3 is 5.51 Å². The van der Waals surface area contributed by atoms with E-state index in [1.165, 1.54) is 24.3 Å². The zero-order valence-corrected chi connectivity index (χ0v) is 16.7. The number of hydrogen-bond acceptors (Lipinski definition) is 4. The van der Waals surface area contributed by atoms with E-state index in [0.717, 1.165) is 15.9 Å². The summed E-state index contributed by atoms with van der Waals surface area (Å²) in [6, 6.07) is 19.8. The van der Waals surface area contributed by atoms with Crippen LogP contribution in [-0.4, -0.2) is 23.6 Å². The van der Waals surface area contributed by atoms with Crippen molar-refractivity contribution in [3.8, 4) is 5.75 Å². The Morgan fingerprint density at radius 1 is 0.700 bits per heavy atom. The van der Waals surface area contributed by atoms with Crippen molar-refractivity contribution >= 4 is 34.0 Å². The zero-order valence-electron chi connectivity index (χ0n) is 14.9. The molecule has 3 aromatic rings. The molecule has 160 valence electrons. The highest BCUT2D eigenvalue weighted by atomic mass is 32.2. The average molecular weight is 464 g/mol. The molecule has 0 aliphatic heterocycles. The lowest BCUT2D eigenvalue weighted by molar-refractivity contribution is -0.0517. The number of rotatable bonds is 3. The fraction of sp³-hybridized carbons (Fsp3) is 0.0526. The molecule has 0 unspecified atom stereocenters. The molecule has 0 aromatic heterocycles. The molecule has 3 rings (SSSR count). The van der Waals surface area contributed by atoms with E-state index in [1.54, 1.807) is 36.4 Å². The van der Waals surface area contributed by atoms with Crippen LogP contribution in [0.4, 0.5) is 22.0 Å². The predicted molar refractivity (Wildman–Crippen MR) is 104 cm³/mol. The van der Waals surface area contributed by atoms with E-state index in [2.05, 4.69) is 0 Å². The van der Waals surface area contributed by atoms with E-state index in [-0.39, 0.29) is 17.4 Å². The van der Waals surface area contributed by atoms with Crippen LogP contribution in [0.2, 0.25) is 0 Å². The third kappa shape index (κ3) is 6.48. The molecule has 0 saturated carbocycles. The van der Waals surface area contributed by atoms with Crippen molar-refractivity contribution in [1.29, 1.82) is 0 Å². The summed E-state index contributed by atoms with van der Waals surface area (Å²) in [7, 11) is -7.46. The van der Waals surface area contributed by atoms with E-state index < -0.39 is 23.5 Å². The highest BCUT2D eigenvalue weighted by molar-refractivity contribution is 7.86. The fourth-order valence-corrected chi connectivity index (χ4v) is 4.86. The van der Waals surface area contributed by atoms with Gasteiger partial charge < -0.3 is 9.66 Å². The van der Waals surface area contributed by atoms with Gasteiger partial charge in [-0.3, -0.25) is 0 Å². The Morgan fingerprint density at radius 2 is 0.967 bits per heavy atom. The molecule has 3 aromatic carbocycles. The lowest BCUT2D eigenvalue weighted by Gasteiger charge is -2.11. The molecule has 1 N–H and O–H groups in total. The minimum atomic E-state index is -6.09. The highest BCUT2D eigenvalue weighted by Gasteiger charge is 2.36. The van der Waals surface area contributed by atoms with Crippen molar-refractivity contribution in [3.63, 3.8) is 0 Å². The second-order valence-electron chi connectivity index (χ2n) is 5.84. The van der Waals surface area contributed by atoms with Gasteiger partial charge in [-0.15, -0.1) is 0 Å². The van der Waals surface area contributed by atoms with Crippen molar-refractivity contribution in [2.24, 2.45) is 0 Å². The first-order valence-corrected chi connectivity index (χ1v) is 11.0. The SMILES string of the molecule is O=S(=O)([O-])C(F)(F)F.Oc1ccc([PH+](c2ccc(F)cc2)c2ccc(F)cc2)cc1. The lowest BCUT2D eigenvalue weighted by atomic mass is 10.3. The molecule has 0 aliphatic carbocycles. The Bertz CT molecular complexity index is 960. The number of alkyl halides is 3. The summed E-state index contributed by atoms with van der Waals surface area (Å²) >= 11 is 0. The van der Waals surface area contributed by atoms with Crippen LogP contribution in [0.15, 0.2) is 72.8 Å². The van der Waals surface area contributed by atoms with Gasteiger partial charge in [0.1, 0.15) is 33.3 Å². The van der Waals surface area contributed by atoms with Gasteiger partial charge in [0.25, 0.3) is 0 Å². The molecule has 0 heterocycles. The summed E-state index contributed by atoms with van der Waals surface area (Å²) in [5, 5.41) is 12.5. The van der Waals surface area contributed by atoms with Crippen LogP contribution in [0.5, 0.6) is 5.75 Å². The van der Waals surface area contributed by atoms with Gasteiger partial charge in [0.15, 0.2) is 10.1 Å². The number of phenolic OH excluding ortho intramolecular Hbond substituents is 1. The van der Waals surface area contributed by atoms with E-state index in [1.807, 2.05) is 12.1 Å². The van der Waals surface area contributed by atoms with Gasteiger partial charge in [-0.2, -0.15) is 13.2 Å². The maximum atomic E-state index is 13.2. The molecule has 0 saturated heterocycles. The van der Waals surface area contributed by atoms with E-state index in [4.69, 9.17) is 13.0 Å². The van der Waals surface area contributed by atoms with Gasteiger partial charge in [0.05, 0.1) is 7.92 Å². The Hall–Kier alpha value is -2.55. The summed E-state index contributed by atoms with van der Waals surface area (Å²) < 4.78 is 85.3. The van der Waals surface area contributed by atoms with Gasteiger partial charge in [0, 0.05) is 0 Å². The first kappa shape index (κ1) is 23.7. The molecule has 0 fully saturated rings. The van der Waals surface area contributed by atoms with Gasteiger partial charge in [-0.25, -0.2) is 17.2 Å². The molecule has 0 spiro atoms. The van der Waals surface area contributed by atoms with Crippen LogP contribution in [0.3, 0.4) is 0 Å². The summed E-state index contributed by atoms with van der Waals surface area (Å²) in [6.45, 7) is 0. The Labute approximate surface area is 170 Å². The second-order valence-corrected chi connectivity index (χ2v) is 9.69. The van der Waals surface area contributed by atoms with Crippen molar-refractivity contribution in [2.75, 3.05) is 0 Å². The summed E-state index contributed by atoms with van der Waals surface area (Å²) in [5.41, 5.74) is -5.65. The maximum Gasteiger partial charge on any atom is 0.485 e. The minimum Gasteiger partial charge on any atom is -0.741 e. The standard InChI is InChI=1S/C18H13F2OP.CHF3O3S/c19-13-1-7-16(8-2-13)22(17-9-3-14(20)4-10-17)18-11-5-15(21)6-12-18;2-1(3,4)8(5,6)7/h1-12,21H;(H,5,6,7). The summed E-state index contributed by atoms with van der Waals surface area (Å²) in [5.74, 6) is -0.367. The third-order valence-corrected chi connectivity index (χ3v) is 7.00. The first-order valence-electron chi connectivity index (χ1n) is 8.09. The number of aromatic hydroxyl groups is 1. The number of hydrogen-bond donors (Lipinski definition) is 1. The maximum absolute atomic E-state index is 13.2. The average Bonchev–Trinajstić information content (AvgIpc) is 2.65. The molecule has 11 heteroatoms. The minimum absolute atomic E-state index is 0.198. The summed E-state index contributed by atoms with van der Waals surface area (Å²) in [6.07, 6.45) is 0. The molecule has 30 heavy (non-hydrogen) atoms. The summed E-state index contributed by atoms with van der Waals surface area (Å²) in [4.78, 5) is 0. The molecule has 4 nitrogen and oxygen atoms in total. The molecule has 0 amide bonds. The van der Waals surface area contributed by atoms with Crippen LogP contribution in [0, 0.1) is 11.6 Å². The predicted octanol–water partition coefficient (Wildman–Crippen LogP) is 3.21. The first-order chi connectivity index (χ1) is 13.9. The van der Waals surface area contributed by atoms with Crippen molar-refractivity contribution < 1.29 is 40.0 Å². The lowest BCUT2D eigenvalue weighted by Crippen LogP contribution is -2.21. The molecule has 0 bridgehead atoms. The van der Waals surface area contributed by atoms with Crippen molar-refractivity contribution in [1.82, 2.24) is 0 Å². The van der Waals surface area contributed by atoms with Crippen LogP contribution in [0.25, 0.3) is 0 Å². The van der Waals surface area contributed by atoms with Gasteiger partial charge in [-0.1, -0.05) is 0 Å². The fourth-order valence-electron chi connectivity index (χ4n) is 2.36. The van der Waals surface area contributed by atoms with Crippen LogP contribution >= 0.6 is 7.92 Å². The molecular weight excluding hydrogens is 450 g/mol. The topological polar surface area (TPSA) is 77.4 Å². The Balaban J connectivity index is 0.000000343. The normalized spacial score (nSPS) is 11.7. The van der Waals surface area contributed by atoms with E-state index >= 15 is 0 Å². The number of phenols is 1. The Morgan fingerprint density at radius 3 is 1.23 bits per heavy atom. The Kier molecular flexibility index (Phi) is 7.52. The molecule has 0 radical (unpaired) electrons. The number of benzene rings is 3. The van der Waals surface area contributed by atoms with Crippen LogP contribution < -0.4 is 15.9 Å². The second kappa shape index (κ2) is 9.51. The molecular formula is C19H14F5O4PS.